The Kier molecular flexibility index (Phi) is 1.96. The maximum Gasteiger partial charge on any atom is 0.123 e. The van der Waals surface area contributed by atoms with Gasteiger partial charge >= 0.3 is 0 Å². The summed E-state index contributed by atoms with van der Waals surface area (Å²) in [6, 6.07) is 6.09. The molecular weight excluding hydrogens is 181 g/mol. The van der Waals surface area contributed by atoms with E-state index >= 15 is 0 Å². The highest BCUT2D eigenvalue weighted by Gasteiger charge is 2.02. The van der Waals surface area contributed by atoms with Crippen LogP contribution < -0.4 is 5.73 Å². The average molecular weight is 191 g/mol. The minimum atomic E-state index is -0.259. The summed E-state index contributed by atoms with van der Waals surface area (Å²) in [6.45, 7) is 1.83. The SMILES string of the molecule is Cc1nn(-c2ccc(F)cc2)cc1N. The van der Waals surface area contributed by atoms with E-state index in [2.05, 4.69) is 5.10 Å². The van der Waals surface area contributed by atoms with E-state index < -0.39 is 0 Å². The van der Waals surface area contributed by atoms with Crippen LogP contribution in [0.25, 0.3) is 5.69 Å². The van der Waals surface area contributed by atoms with Crippen molar-refractivity contribution >= 4 is 5.69 Å². The molecule has 0 saturated heterocycles. The number of hydrogen-bond donors (Lipinski definition) is 1. The van der Waals surface area contributed by atoms with E-state index in [1.54, 1.807) is 23.0 Å². The fourth-order valence-corrected chi connectivity index (χ4v) is 1.20. The maximum absolute atomic E-state index is 12.6. The van der Waals surface area contributed by atoms with E-state index in [0.717, 1.165) is 11.4 Å². The second-order valence-corrected chi connectivity index (χ2v) is 3.09. The molecule has 2 N–H and O–H groups in total. The molecule has 2 rings (SSSR count). The number of aromatic nitrogens is 2. The molecule has 1 heterocycles. The zero-order valence-corrected chi connectivity index (χ0v) is 7.74. The second-order valence-electron chi connectivity index (χ2n) is 3.09. The van der Waals surface area contributed by atoms with Crippen molar-refractivity contribution in [1.82, 2.24) is 9.78 Å². The van der Waals surface area contributed by atoms with Gasteiger partial charge in [-0.25, -0.2) is 9.07 Å². The van der Waals surface area contributed by atoms with Crippen LogP contribution in [0, 0.1) is 12.7 Å². The third-order valence-corrected chi connectivity index (χ3v) is 2.03. The minimum absolute atomic E-state index is 0.259. The van der Waals surface area contributed by atoms with Crippen LogP contribution in [0.15, 0.2) is 30.5 Å². The van der Waals surface area contributed by atoms with E-state index in [1.807, 2.05) is 6.92 Å². The summed E-state index contributed by atoms with van der Waals surface area (Å²) in [5.41, 5.74) is 7.85. The van der Waals surface area contributed by atoms with Crippen molar-refractivity contribution in [2.45, 2.75) is 6.92 Å². The molecule has 0 amide bonds. The number of hydrogen-bond acceptors (Lipinski definition) is 2. The van der Waals surface area contributed by atoms with Gasteiger partial charge in [0, 0.05) is 0 Å². The van der Waals surface area contributed by atoms with Crippen LogP contribution in [0.1, 0.15) is 5.69 Å². The van der Waals surface area contributed by atoms with Crippen molar-refractivity contribution in [3.8, 4) is 5.69 Å². The number of nitrogen functional groups attached to an aromatic ring is 1. The quantitative estimate of drug-likeness (QED) is 0.748. The number of benzene rings is 1. The van der Waals surface area contributed by atoms with Gasteiger partial charge in [0.2, 0.25) is 0 Å². The third kappa shape index (κ3) is 1.46. The molecule has 1 aromatic heterocycles. The molecule has 0 aliphatic heterocycles. The van der Waals surface area contributed by atoms with Gasteiger partial charge in [-0.3, -0.25) is 0 Å². The Balaban J connectivity index is 2.44. The molecular formula is C10H10FN3. The summed E-state index contributed by atoms with van der Waals surface area (Å²) in [7, 11) is 0. The standard InChI is InChI=1S/C10H10FN3/c1-7-10(12)6-14(13-7)9-4-2-8(11)3-5-9/h2-6H,12H2,1H3. The van der Waals surface area contributed by atoms with Crippen LogP contribution in [-0.4, -0.2) is 9.78 Å². The molecule has 0 bridgehead atoms. The second kappa shape index (κ2) is 3.14. The zero-order chi connectivity index (χ0) is 10.1. The number of aryl methyl sites for hydroxylation is 1. The molecule has 4 heteroatoms. The summed E-state index contributed by atoms with van der Waals surface area (Å²) in [5.74, 6) is -0.259. The molecule has 0 saturated carbocycles. The van der Waals surface area contributed by atoms with Gasteiger partial charge in [-0.05, 0) is 31.2 Å². The highest BCUT2D eigenvalue weighted by Crippen LogP contribution is 2.13. The maximum atomic E-state index is 12.6. The first-order chi connectivity index (χ1) is 6.66. The number of rotatable bonds is 1. The van der Waals surface area contributed by atoms with E-state index in [1.165, 1.54) is 12.1 Å². The van der Waals surface area contributed by atoms with Gasteiger partial charge in [0.25, 0.3) is 0 Å². The van der Waals surface area contributed by atoms with Gasteiger partial charge in [-0.1, -0.05) is 0 Å². The predicted octanol–water partition coefficient (Wildman–Crippen LogP) is 1.90. The van der Waals surface area contributed by atoms with Crippen LogP contribution in [0.4, 0.5) is 10.1 Å². The van der Waals surface area contributed by atoms with Gasteiger partial charge in [0.15, 0.2) is 0 Å². The Morgan fingerprint density at radius 1 is 1.29 bits per heavy atom. The molecule has 0 fully saturated rings. The molecule has 0 atom stereocenters. The highest BCUT2D eigenvalue weighted by molar-refractivity contribution is 5.43. The Hall–Kier alpha value is -1.84. The van der Waals surface area contributed by atoms with Crippen molar-refractivity contribution in [3.05, 3.63) is 42.0 Å². The number of nitrogens with zero attached hydrogens (tertiary/aromatic N) is 2. The smallest absolute Gasteiger partial charge is 0.123 e. The Morgan fingerprint density at radius 3 is 2.43 bits per heavy atom. The lowest BCUT2D eigenvalue weighted by atomic mass is 10.3. The molecule has 0 unspecified atom stereocenters. The number of halogens is 1. The van der Waals surface area contributed by atoms with E-state index in [0.29, 0.717) is 5.69 Å². The fourth-order valence-electron chi connectivity index (χ4n) is 1.20. The van der Waals surface area contributed by atoms with Crippen molar-refractivity contribution in [3.63, 3.8) is 0 Å². The Labute approximate surface area is 81.0 Å². The first-order valence-electron chi connectivity index (χ1n) is 4.24. The molecule has 0 aliphatic carbocycles. The predicted molar refractivity (Wildman–Crippen MR) is 52.7 cm³/mol. The minimum Gasteiger partial charge on any atom is -0.396 e. The molecule has 14 heavy (non-hydrogen) atoms. The summed E-state index contributed by atoms with van der Waals surface area (Å²) < 4.78 is 14.3. The van der Waals surface area contributed by atoms with Crippen molar-refractivity contribution in [2.75, 3.05) is 5.73 Å². The summed E-state index contributed by atoms with van der Waals surface area (Å²) in [6.07, 6.45) is 1.71. The molecule has 1 aromatic carbocycles. The van der Waals surface area contributed by atoms with Crippen LogP contribution in [-0.2, 0) is 0 Å². The van der Waals surface area contributed by atoms with Crippen molar-refractivity contribution in [2.24, 2.45) is 0 Å². The molecule has 0 radical (unpaired) electrons. The lowest BCUT2D eigenvalue weighted by Gasteiger charge is -1.99. The van der Waals surface area contributed by atoms with Gasteiger partial charge < -0.3 is 5.73 Å². The van der Waals surface area contributed by atoms with E-state index in [4.69, 9.17) is 5.73 Å². The van der Waals surface area contributed by atoms with Gasteiger partial charge in [0.05, 0.1) is 23.3 Å². The van der Waals surface area contributed by atoms with Crippen LogP contribution in [0.2, 0.25) is 0 Å². The van der Waals surface area contributed by atoms with E-state index in [9.17, 15) is 4.39 Å². The van der Waals surface area contributed by atoms with Gasteiger partial charge in [-0.2, -0.15) is 5.10 Å². The van der Waals surface area contributed by atoms with Crippen molar-refractivity contribution in [1.29, 1.82) is 0 Å². The Morgan fingerprint density at radius 2 is 1.93 bits per heavy atom. The van der Waals surface area contributed by atoms with Crippen LogP contribution in [0.3, 0.4) is 0 Å². The van der Waals surface area contributed by atoms with Crippen molar-refractivity contribution < 1.29 is 4.39 Å². The van der Waals surface area contributed by atoms with Crippen LogP contribution >= 0.6 is 0 Å². The molecule has 3 nitrogen and oxygen atoms in total. The van der Waals surface area contributed by atoms with Crippen LogP contribution in [0.5, 0.6) is 0 Å². The normalized spacial score (nSPS) is 10.4. The van der Waals surface area contributed by atoms with E-state index in [-0.39, 0.29) is 5.82 Å². The summed E-state index contributed by atoms with van der Waals surface area (Å²) in [5, 5.41) is 4.18. The first-order valence-corrected chi connectivity index (χ1v) is 4.24. The molecule has 72 valence electrons. The fraction of sp³-hybridized carbons (Fsp3) is 0.100. The number of anilines is 1. The lowest BCUT2D eigenvalue weighted by molar-refractivity contribution is 0.627. The van der Waals surface area contributed by atoms with Gasteiger partial charge in [0.1, 0.15) is 5.82 Å². The molecule has 2 aromatic rings. The summed E-state index contributed by atoms with van der Waals surface area (Å²) in [4.78, 5) is 0. The Bertz CT molecular complexity index is 425. The highest BCUT2D eigenvalue weighted by atomic mass is 19.1. The first kappa shape index (κ1) is 8.74. The molecule has 0 aliphatic rings. The zero-order valence-electron chi connectivity index (χ0n) is 7.74. The number of nitrogens with two attached hydrogens (primary N) is 1. The topological polar surface area (TPSA) is 43.8 Å². The molecule has 0 spiro atoms. The average Bonchev–Trinajstić information content (AvgIpc) is 2.48. The lowest BCUT2D eigenvalue weighted by Crippen LogP contribution is -1.94. The third-order valence-electron chi connectivity index (χ3n) is 2.03. The monoisotopic (exact) mass is 191 g/mol. The largest absolute Gasteiger partial charge is 0.396 e. The van der Waals surface area contributed by atoms with Gasteiger partial charge in [-0.15, -0.1) is 0 Å². The summed E-state index contributed by atoms with van der Waals surface area (Å²) >= 11 is 0.